The molecule has 0 amide bonds. The molecule has 2 radical (unpaired) electrons. The van der Waals surface area contributed by atoms with Crippen molar-refractivity contribution >= 4 is 43.8 Å². The molecule has 4 aromatic rings. The average Bonchev–Trinajstić information content (AvgIpc) is 2.81. The fourth-order valence-corrected chi connectivity index (χ4v) is 5.16. The summed E-state index contributed by atoms with van der Waals surface area (Å²) < 4.78 is 12.4. The Labute approximate surface area is 195 Å². The minimum absolute atomic E-state index is 0.819. The van der Waals surface area contributed by atoms with Crippen molar-refractivity contribution in [3.8, 4) is 11.5 Å². The van der Waals surface area contributed by atoms with Crippen LogP contribution in [0.25, 0.3) is 21.8 Å². The third kappa shape index (κ3) is 5.48. The molecule has 0 N–H and O–H groups in total. The van der Waals surface area contributed by atoms with Crippen LogP contribution < -0.4 is 6.15 Å². The zero-order valence-corrected chi connectivity index (χ0v) is 21.1. The van der Waals surface area contributed by atoms with Gasteiger partial charge in [-0.3, -0.25) is 0 Å². The molecule has 31 heavy (non-hydrogen) atoms. The molecule has 0 aliphatic rings. The van der Waals surface area contributed by atoms with E-state index in [9.17, 15) is 0 Å². The Morgan fingerprint density at radius 1 is 0.645 bits per heavy atom. The summed E-state index contributed by atoms with van der Waals surface area (Å²) in [7, 11) is 0. The number of rotatable bonds is 10. The first-order valence-electron chi connectivity index (χ1n) is 11.1. The third-order valence-electron chi connectivity index (χ3n) is 5.36. The average molecular weight is 519 g/mol. The van der Waals surface area contributed by atoms with Crippen molar-refractivity contribution in [2.24, 2.45) is 0 Å². The van der Waals surface area contributed by atoms with E-state index < -0.39 is 22.0 Å². The summed E-state index contributed by atoms with van der Waals surface area (Å²) in [5, 5.41) is 2.20. The molecule has 4 rings (SSSR count). The normalized spacial score (nSPS) is 11.2. The topological polar surface area (TPSA) is 44.2 Å². The van der Waals surface area contributed by atoms with E-state index in [-0.39, 0.29) is 0 Å². The van der Waals surface area contributed by atoms with Crippen molar-refractivity contribution in [3.05, 3.63) is 72.1 Å². The Kier molecular flexibility index (Phi) is 7.62. The van der Waals surface area contributed by atoms with Gasteiger partial charge in [0, 0.05) is 0 Å². The number of hydrogen-bond donors (Lipinski definition) is 0. The molecule has 0 saturated heterocycles. The minimum atomic E-state index is -1.61. The van der Waals surface area contributed by atoms with Gasteiger partial charge < -0.3 is 0 Å². The van der Waals surface area contributed by atoms with E-state index in [1.165, 1.54) is 12.8 Å². The Morgan fingerprint density at radius 2 is 1.13 bits per heavy atom. The van der Waals surface area contributed by atoms with E-state index in [1.54, 1.807) is 0 Å². The molecule has 4 nitrogen and oxygen atoms in total. The van der Waals surface area contributed by atoms with Crippen LogP contribution in [-0.2, 0) is 12.8 Å². The number of aryl methyl sites for hydroxylation is 2. The van der Waals surface area contributed by atoms with Crippen molar-refractivity contribution in [2.45, 2.75) is 52.4 Å². The van der Waals surface area contributed by atoms with Crippen LogP contribution in [0.15, 0.2) is 60.7 Å². The molecule has 5 heteroatoms. The quantitative estimate of drug-likeness (QED) is 0.226. The second-order valence-electron chi connectivity index (χ2n) is 7.76. The summed E-state index contributed by atoms with van der Waals surface area (Å²) in [4.78, 5) is 9.73. The second kappa shape index (κ2) is 10.8. The molecule has 0 saturated carbocycles. The van der Waals surface area contributed by atoms with Crippen molar-refractivity contribution < 1.29 is 6.15 Å². The molecule has 158 valence electrons. The van der Waals surface area contributed by atoms with E-state index >= 15 is 0 Å². The number of hydrogen-bond acceptors (Lipinski definition) is 4. The molecule has 2 aromatic carbocycles. The first-order chi connectivity index (χ1) is 15.3. The van der Waals surface area contributed by atoms with Crippen molar-refractivity contribution in [1.82, 2.24) is 9.97 Å². The summed E-state index contributed by atoms with van der Waals surface area (Å²) in [5.74, 6) is 1.64. The van der Waals surface area contributed by atoms with Gasteiger partial charge in [0.05, 0.1) is 0 Å². The van der Waals surface area contributed by atoms with Gasteiger partial charge >= 0.3 is 196 Å². The second-order valence-corrected chi connectivity index (χ2v) is 9.40. The Hall–Kier alpha value is -2.34. The van der Waals surface area contributed by atoms with E-state index in [4.69, 9.17) is 16.1 Å². The molecule has 0 aliphatic heterocycles. The first-order valence-corrected chi connectivity index (χ1v) is 13.5. The number of nitrogens with zero attached hydrogens (tertiary/aromatic N) is 2. The molecule has 0 atom stereocenters. The molecule has 0 bridgehead atoms. The number of para-hydroxylation sites is 2. The van der Waals surface area contributed by atoms with Gasteiger partial charge in [-0.1, -0.05) is 0 Å². The van der Waals surface area contributed by atoms with Gasteiger partial charge in [-0.15, -0.1) is 0 Å². The van der Waals surface area contributed by atoms with E-state index in [1.807, 2.05) is 24.3 Å². The number of pyridine rings is 2. The molecular formula is C26H28N2O2Sn. The van der Waals surface area contributed by atoms with Gasteiger partial charge in [-0.25, -0.2) is 0 Å². The van der Waals surface area contributed by atoms with Crippen LogP contribution in [0.3, 0.4) is 0 Å². The standard InChI is InChI=1S/2C13H15NO.Sn/c2*1-2-3-6-11-9-8-10-5-4-7-12(15)13(10)14-11;/h2*4-5,7-9,15H,2-3,6H2,1H3;/q;;+2/p-2. The van der Waals surface area contributed by atoms with Crippen LogP contribution >= 0.6 is 0 Å². The Morgan fingerprint density at radius 3 is 1.58 bits per heavy atom. The maximum absolute atomic E-state index is 6.18. The van der Waals surface area contributed by atoms with E-state index in [0.717, 1.165) is 70.4 Å². The maximum atomic E-state index is 6.18. The Bertz CT molecular complexity index is 1070. The molecular weight excluding hydrogens is 491 g/mol. The molecule has 0 unspecified atom stereocenters. The molecule has 2 heterocycles. The zero-order valence-electron chi connectivity index (χ0n) is 18.2. The number of aromatic nitrogens is 2. The number of fused-ring (bicyclic) bond motifs is 2. The van der Waals surface area contributed by atoms with Crippen molar-refractivity contribution in [2.75, 3.05) is 0 Å². The predicted octanol–water partition coefficient (Wildman–Crippen LogP) is 6.46. The van der Waals surface area contributed by atoms with E-state index in [0.29, 0.717) is 0 Å². The van der Waals surface area contributed by atoms with Crippen LogP contribution in [0.2, 0.25) is 0 Å². The van der Waals surface area contributed by atoms with Crippen molar-refractivity contribution in [1.29, 1.82) is 0 Å². The molecule has 2 aromatic heterocycles. The van der Waals surface area contributed by atoms with Crippen molar-refractivity contribution in [3.63, 3.8) is 0 Å². The number of unbranched alkanes of at least 4 members (excludes halogenated alkanes) is 2. The molecule has 0 aliphatic carbocycles. The fraction of sp³-hybridized carbons (Fsp3) is 0.308. The third-order valence-corrected chi connectivity index (χ3v) is 7.09. The van der Waals surface area contributed by atoms with Crippen LogP contribution in [0.1, 0.15) is 50.9 Å². The van der Waals surface area contributed by atoms with Gasteiger partial charge in [-0.05, 0) is 0 Å². The van der Waals surface area contributed by atoms with Gasteiger partial charge in [0.15, 0.2) is 0 Å². The summed E-state index contributed by atoms with van der Waals surface area (Å²) in [6, 6.07) is 20.7. The van der Waals surface area contributed by atoms with Gasteiger partial charge in [0.2, 0.25) is 0 Å². The molecule has 0 spiro atoms. The predicted molar refractivity (Wildman–Crippen MR) is 128 cm³/mol. The van der Waals surface area contributed by atoms with Gasteiger partial charge in [-0.2, -0.15) is 0 Å². The van der Waals surface area contributed by atoms with Crippen LogP contribution in [0.4, 0.5) is 0 Å². The summed E-state index contributed by atoms with van der Waals surface area (Å²) in [6.07, 6.45) is 6.63. The Balaban J connectivity index is 1.51. The summed E-state index contributed by atoms with van der Waals surface area (Å²) >= 11 is -1.61. The first kappa shape index (κ1) is 21.9. The fourth-order valence-electron chi connectivity index (χ4n) is 3.59. The van der Waals surface area contributed by atoms with Crippen LogP contribution in [0, 0.1) is 0 Å². The van der Waals surface area contributed by atoms with Crippen LogP contribution in [-0.4, -0.2) is 31.9 Å². The SMILES string of the molecule is CCCCc1ccc2cccc([O][Sn][O]c3cccc4ccc(CCCC)nc34)c2n1. The van der Waals surface area contributed by atoms with Gasteiger partial charge in [0.25, 0.3) is 0 Å². The van der Waals surface area contributed by atoms with Gasteiger partial charge in [0.1, 0.15) is 0 Å². The van der Waals surface area contributed by atoms with E-state index in [2.05, 4.69) is 50.2 Å². The molecule has 0 fully saturated rings. The number of benzene rings is 2. The summed E-state index contributed by atoms with van der Waals surface area (Å²) in [6.45, 7) is 4.41. The zero-order chi connectivity index (χ0) is 21.5. The monoisotopic (exact) mass is 520 g/mol. The van der Waals surface area contributed by atoms with Crippen LogP contribution in [0.5, 0.6) is 11.5 Å². The summed E-state index contributed by atoms with van der Waals surface area (Å²) in [5.41, 5.74) is 4.10.